The van der Waals surface area contributed by atoms with Gasteiger partial charge in [-0.05, 0) is 42.5 Å². The number of aliphatic hydroxyl groups excluding tert-OH is 1. The molecule has 0 aliphatic carbocycles. The first-order valence-corrected chi connectivity index (χ1v) is 6.78. The second-order valence-corrected chi connectivity index (χ2v) is 5.07. The molecule has 0 saturated carbocycles. The third-order valence-corrected chi connectivity index (χ3v) is 3.57. The fourth-order valence-corrected chi connectivity index (χ4v) is 2.38. The Morgan fingerprint density at radius 2 is 1.62 bits per heavy atom. The predicted molar refractivity (Wildman–Crippen MR) is 75.9 cm³/mol. The molecular weight excluding hydrogens is 277 g/mol. The van der Waals surface area contributed by atoms with Crippen LogP contribution in [-0.2, 0) is 12.6 Å². The van der Waals surface area contributed by atoms with E-state index >= 15 is 0 Å². The van der Waals surface area contributed by atoms with Gasteiger partial charge in [-0.15, -0.1) is 0 Å². The number of alkyl halides is 3. The summed E-state index contributed by atoms with van der Waals surface area (Å²) >= 11 is 0. The van der Waals surface area contributed by atoms with Gasteiger partial charge in [0.2, 0.25) is 0 Å². The molecule has 1 nitrogen and oxygen atoms in total. The molecule has 0 amide bonds. The highest BCUT2D eigenvalue weighted by Crippen LogP contribution is 2.35. The highest BCUT2D eigenvalue weighted by Gasteiger charge is 2.34. The van der Waals surface area contributed by atoms with E-state index in [9.17, 15) is 18.3 Å². The standard InChI is InChI=1S/C17H17F3O/c1-12-6-2-3-7-13(12)10-11-16(21)14-8-4-5-9-15(14)17(18,19)20/h2-9,16,21H,10-11H2,1H3. The normalized spacial score (nSPS) is 13.2. The van der Waals surface area contributed by atoms with Gasteiger partial charge in [0.15, 0.2) is 0 Å². The molecule has 21 heavy (non-hydrogen) atoms. The van der Waals surface area contributed by atoms with Crippen molar-refractivity contribution in [3.05, 3.63) is 70.8 Å². The summed E-state index contributed by atoms with van der Waals surface area (Å²) in [7, 11) is 0. The van der Waals surface area contributed by atoms with Crippen LogP contribution >= 0.6 is 0 Å². The van der Waals surface area contributed by atoms with Gasteiger partial charge in [0, 0.05) is 0 Å². The van der Waals surface area contributed by atoms with Gasteiger partial charge >= 0.3 is 6.18 Å². The molecule has 0 radical (unpaired) electrons. The Kier molecular flexibility index (Phi) is 4.68. The van der Waals surface area contributed by atoms with E-state index in [4.69, 9.17) is 0 Å². The van der Waals surface area contributed by atoms with Crippen molar-refractivity contribution in [1.29, 1.82) is 0 Å². The third-order valence-electron chi connectivity index (χ3n) is 3.57. The maximum atomic E-state index is 12.9. The van der Waals surface area contributed by atoms with Crippen LogP contribution in [0.25, 0.3) is 0 Å². The van der Waals surface area contributed by atoms with Crippen LogP contribution in [0.5, 0.6) is 0 Å². The van der Waals surface area contributed by atoms with Crippen LogP contribution in [0.3, 0.4) is 0 Å². The molecule has 2 aromatic rings. The van der Waals surface area contributed by atoms with E-state index in [1.54, 1.807) is 0 Å². The molecule has 0 aliphatic rings. The fourth-order valence-electron chi connectivity index (χ4n) is 2.38. The molecule has 1 unspecified atom stereocenters. The van der Waals surface area contributed by atoms with Gasteiger partial charge in [-0.1, -0.05) is 42.5 Å². The smallest absolute Gasteiger partial charge is 0.388 e. The average molecular weight is 294 g/mol. The van der Waals surface area contributed by atoms with E-state index in [1.807, 2.05) is 31.2 Å². The summed E-state index contributed by atoms with van der Waals surface area (Å²) in [5.41, 5.74) is 1.30. The number of aryl methyl sites for hydroxylation is 2. The molecule has 0 spiro atoms. The molecule has 112 valence electrons. The fraction of sp³-hybridized carbons (Fsp3) is 0.294. The Morgan fingerprint density at radius 1 is 1.00 bits per heavy atom. The summed E-state index contributed by atoms with van der Waals surface area (Å²) in [6.07, 6.45) is -4.76. The summed E-state index contributed by atoms with van der Waals surface area (Å²) in [6.45, 7) is 1.95. The zero-order chi connectivity index (χ0) is 15.5. The lowest BCUT2D eigenvalue weighted by Crippen LogP contribution is -2.12. The second-order valence-electron chi connectivity index (χ2n) is 5.07. The monoisotopic (exact) mass is 294 g/mol. The Balaban J connectivity index is 2.15. The molecule has 0 saturated heterocycles. The third kappa shape index (κ3) is 3.85. The van der Waals surface area contributed by atoms with Crippen molar-refractivity contribution in [3.63, 3.8) is 0 Å². The van der Waals surface area contributed by atoms with Crippen LogP contribution in [0.1, 0.15) is 34.8 Å². The average Bonchev–Trinajstić information content (AvgIpc) is 2.45. The zero-order valence-electron chi connectivity index (χ0n) is 11.7. The Labute approximate surface area is 122 Å². The number of hydrogen-bond acceptors (Lipinski definition) is 1. The minimum absolute atomic E-state index is 0.0569. The van der Waals surface area contributed by atoms with Crippen molar-refractivity contribution in [2.75, 3.05) is 0 Å². The largest absolute Gasteiger partial charge is 0.416 e. The molecule has 0 aromatic heterocycles. The van der Waals surface area contributed by atoms with Gasteiger partial charge < -0.3 is 5.11 Å². The summed E-state index contributed by atoms with van der Waals surface area (Å²) in [6, 6.07) is 12.9. The number of aliphatic hydroxyl groups is 1. The van der Waals surface area contributed by atoms with Crippen LogP contribution in [0.4, 0.5) is 13.2 Å². The molecular formula is C17H17F3O. The molecule has 0 bridgehead atoms. The van der Waals surface area contributed by atoms with E-state index in [0.29, 0.717) is 6.42 Å². The SMILES string of the molecule is Cc1ccccc1CCC(O)c1ccccc1C(F)(F)F. The van der Waals surface area contributed by atoms with E-state index in [0.717, 1.165) is 17.2 Å². The minimum atomic E-state index is -4.44. The van der Waals surface area contributed by atoms with Crippen molar-refractivity contribution in [3.8, 4) is 0 Å². The van der Waals surface area contributed by atoms with Crippen molar-refractivity contribution < 1.29 is 18.3 Å². The summed E-state index contributed by atoms with van der Waals surface area (Å²) in [4.78, 5) is 0. The molecule has 0 aliphatic heterocycles. The first-order valence-electron chi connectivity index (χ1n) is 6.78. The maximum absolute atomic E-state index is 12.9. The molecule has 2 rings (SSSR count). The van der Waals surface area contributed by atoms with Crippen LogP contribution in [-0.4, -0.2) is 5.11 Å². The van der Waals surface area contributed by atoms with Gasteiger partial charge in [0.05, 0.1) is 11.7 Å². The minimum Gasteiger partial charge on any atom is -0.388 e. The second kappa shape index (κ2) is 6.31. The van der Waals surface area contributed by atoms with Gasteiger partial charge in [-0.3, -0.25) is 0 Å². The summed E-state index contributed by atoms with van der Waals surface area (Å²) < 4.78 is 38.8. The van der Waals surface area contributed by atoms with Crippen LogP contribution in [0, 0.1) is 6.92 Å². The van der Waals surface area contributed by atoms with Gasteiger partial charge in [-0.25, -0.2) is 0 Å². The van der Waals surface area contributed by atoms with Crippen LogP contribution in [0.15, 0.2) is 48.5 Å². The Morgan fingerprint density at radius 3 is 2.29 bits per heavy atom. The Hall–Kier alpha value is -1.81. The van der Waals surface area contributed by atoms with Crippen molar-refractivity contribution in [1.82, 2.24) is 0 Å². The quantitative estimate of drug-likeness (QED) is 0.868. The molecule has 1 atom stereocenters. The van der Waals surface area contributed by atoms with Crippen molar-refractivity contribution in [2.45, 2.75) is 32.0 Å². The number of halogens is 3. The first-order chi connectivity index (χ1) is 9.89. The summed E-state index contributed by atoms with van der Waals surface area (Å²) in [5, 5.41) is 10.1. The first kappa shape index (κ1) is 15.6. The van der Waals surface area contributed by atoms with E-state index in [2.05, 4.69) is 0 Å². The molecule has 4 heteroatoms. The highest BCUT2D eigenvalue weighted by atomic mass is 19.4. The molecule has 0 fully saturated rings. The lowest BCUT2D eigenvalue weighted by Gasteiger charge is -2.17. The van der Waals surface area contributed by atoms with Gasteiger partial charge in [0.25, 0.3) is 0 Å². The zero-order valence-corrected chi connectivity index (χ0v) is 11.7. The number of hydrogen-bond donors (Lipinski definition) is 1. The van der Waals surface area contributed by atoms with Crippen LogP contribution < -0.4 is 0 Å². The van der Waals surface area contributed by atoms with Gasteiger partial charge in [-0.2, -0.15) is 13.2 Å². The van der Waals surface area contributed by atoms with Crippen molar-refractivity contribution >= 4 is 0 Å². The molecule has 0 heterocycles. The van der Waals surface area contributed by atoms with E-state index in [-0.39, 0.29) is 12.0 Å². The lowest BCUT2D eigenvalue weighted by atomic mass is 9.95. The maximum Gasteiger partial charge on any atom is 0.416 e. The highest BCUT2D eigenvalue weighted by molar-refractivity contribution is 5.32. The van der Waals surface area contributed by atoms with E-state index < -0.39 is 17.8 Å². The van der Waals surface area contributed by atoms with E-state index in [1.165, 1.54) is 18.2 Å². The number of benzene rings is 2. The lowest BCUT2D eigenvalue weighted by molar-refractivity contribution is -0.139. The Bertz CT molecular complexity index is 605. The molecule has 1 N–H and O–H groups in total. The predicted octanol–water partition coefficient (Wildman–Crippen LogP) is 4.68. The topological polar surface area (TPSA) is 20.2 Å². The van der Waals surface area contributed by atoms with Gasteiger partial charge in [0.1, 0.15) is 0 Å². The van der Waals surface area contributed by atoms with Crippen molar-refractivity contribution in [2.24, 2.45) is 0 Å². The molecule has 2 aromatic carbocycles. The van der Waals surface area contributed by atoms with Crippen LogP contribution in [0.2, 0.25) is 0 Å². The summed E-state index contributed by atoms with van der Waals surface area (Å²) in [5.74, 6) is 0. The number of rotatable bonds is 4.